The minimum absolute atomic E-state index is 0.754. The summed E-state index contributed by atoms with van der Waals surface area (Å²) in [5.41, 5.74) is 10.4. The van der Waals surface area contributed by atoms with Crippen molar-refractivity contribution in [2.75, 3.05) is 65.4 Å². The highest BCUT2D eigenvalue weighted by molar-refractivity contribution is 4.71. The molecule has 0 aromatic carbocycles. The Labute approximate surface area is 215 Å². The van der Waals surface area contributed by atoms with Crippen LogP contribution in [0.1, 0.15) is 111 Å². The fourth-order valence-electron chi connectivity index (χ4n) is 3.84. The second kappa shape index (κ2) is 32.8. The van der Waals surface area contributed by atoms with Crippen molar-refractivity contribution >= 4 is 0 Å². The lowest BCUT2D eigenvalue weighted by Crippen LogP contribution is -2.43. The first kappa shape index (κ1) is 35.9. The van der Waals surface area contributed by atoms with E-state index in [-0.39, 0.29) is 0 Å². The van der Waals surface area contributed by atoms with E-state index in [1.165, 1.54) is 123 Å². The maximum absolute atomic E-state index is 5.25. The van der Waals surface area contributed by atoms with Gasteiger partial charge in [-0.2, -0.15) is 0 Å². The summed E-state index contributed by atoms with van der Waals surface area (Å²) in [5.74, 6) is 0. The van der Waals surface area contributed by atoms with Crippen LogP contribution in [0.25, 0.3) is 0 Å². The third kappa shape index (κ3) is 29.8. The summed E-state index contributed by atoms with van der Waals surface area (Å²) < 4.78 is 0. The van der Waals surface area contributed by atoms with E-state index in [9.17, 15) is 0 Å². The van der Waals surface area contributed by atoms with Crippen molar-refractivity contribution in [1.82, 2.24) is 20.9 Å². The standard InChI is InChI=1S/C10H21N.C8H18N2.C6H16N2.C4H11N/c1-2-3-9-11-10-7-5-4-6-8-10;1-2-3-6-10-7-4-9-5-8-10;1-2-3-5-8-6-4-7;1-2-3-4-5/h10-11H,2-9H2,1H3;9H,2-8H2,1H3;8H,2-7H2,1H3;2-5H2,1H3. The Morgan fingerprint density at radius 2 is 1.29 bits per heavy atom. The van der Waals surface area contributed by atoms with E-state index in [1.54, 1.807) is 0 Å². The van der Waals surface area contributed by atoms with Crippen LogP contribution in [0.5, 0.6) is 0 Å². The molecule has 0 bridgehead atoms. The lowest BCUT2D eigenvalue weighted by atomic mass is 9.95. The van der Waals surface area contributed by atoms with Crippen molar-refractivity contribution in [3.63, 3.8) is 0 Å². The normalized spacial score (nSPS) is 16.4. The topological polar surface area (TPSA) is 91.4 Å². The molecule has 0 aromatic rings. The number of hydrogen-bond donors (Lipinski definition) is 5. The summed E-state index contributed by atoms with van der Waals surface area (Å²) >= 11 is 0. The first-order chi connectivity index (χ1) is 16.7. The number of nitrogens with one attached hydrogen (secondary N) is 3. The molecule has 0 atom stereocenters. The number of rotatable bonds is 14. The van der Waals surface area contributed by atoms with E-state index >= 15 is 0 Å². The van der Waals surface area contributed by atoms with Crippen molar-refractivity contribution in [3.05, 3.63) is 0 Å². The van der Waals surface area contributed by atoms with Gasteiger partial charge in [0.15, 0.2) is 0 Å². The predicted molar refractivity (Wildman–Crippen MR) is 155 cm³/mol. The van der Waals surface area contributed by atoms with E-state index in [0.717, 1.165) is 32.2 Å². The molecule has 1 saturated heterocycles. The van der Waals surface area contributed by atoms with Crippen molar-refractivity contribution in [3.8, 4) is 0 Å². The van der Waals surface area contributed by atoms with Gasteiger partial charge in [0, 0.05) is 45.3 Å². The second-order valence-corrected chi connectivity index (χ2v) is 9.62. The van der Waals surface area contributed by atoms with Crippen LogP contribution in [0.3, 0.4) is 0 Å². The molecule has 1 aliphatic carbocycles. The molecule has 34 heavy (non-hydrogen) atoms. The Morgan fingerprint density at radius 3 is 1.79 bits per heavy atom. The smallest absolute Gasteiger partial charge is 0.0107 e. The van der Waals surface area contributed by atoms with Crippen LogP contribution >= 0.6 is 0 Å². The first-order valence-corrected chi connectivity index (χ1v) is 15.0. The quantitative estimate of drug-likeness (QED) is 0.233. The number of hydrogen-bond acceptors (Lipinski definition) is 6. The van der Waals surface area contributed by atoms with Gasteiger partial charge in [0.25, 0.3) is 0 Å². The van der Waals surface area contributed by atoms with E-state index < -0.39 is 0 Å². The molecule has 6 nitrogen and oxygen atoms in total. The molecule has 0 radical (unpaired) electrons. The van der Waals surface area contributed by atoms with E-state index in [1.807, 2.05) is 0 Å². The molecule has 2 aliphatic rings. The lowest BCUT2D eigenvalue weighted by Gasteiger charge is -2.26. The Balaban J connectivity index is 0. The zero-order chi connectivity index (χ0) is 25.5. The van der Waals surface area contributed by atoms with Gasteiger partial charge in [-0.1, -0.05) is 72.6 Å². The summed E-state index contributed by atoms with van der Waals surface area (Å²) in [6, 6.07) is 0.857. The van der Waals surface area contributed by atoms with Gasteiger partial charge in [-0.15, -0.1) is 0 Å². The molecule has 0 spiro atoms. The van der Waals surface area contributed by atoms with Crippen LogP contribution in [0.15, 0.2) is 0 Å². The molecule has 1 saturated carbocycles. The van der Waals surface area contributed by atoms with E-state index in [2.05, 4.69) is 48.5 Å². The molecule has 2 rings (SSSR count). The first-order valence-electron chi connectivity index (χ1n) is 15.0. The van der Waals surface area contributed by atoms with Gasteiger partial charge in [0.1, 0.15) is 0 Å². The highest BCUT2D eigenvalue weighted by Gasteiger charge is 2.11. The average molecular weight is 487 g/mol. The van der Waals surface area contributed by atoms with Gasteiger partial charge >= 0.3 is 0 Å². The molecular formula is C28H66N6. The number of nitrogens with two attached hydrogens (primary N) is 2. The van der Waals surface area contributed by atoms with E-state index in [0.29, 0.717) is 0 Å². The predicted octanol–water partition coefficient (Wildman–Crippen LogP) is 4.48. The van der Waals surface area contributed by atoms with Crippen LogP contribution in [0, 0.1) is 0 Å². The third-order valence-corrected chi connectivity index (χ3v) is 6.19. The van der Waals surface area contributed by atoms with Gasteiger partial charge in [-0.3, -0.25) is 0 Å². The molecule has 1 heterocycles. The molecule has 1 aliphatic heterocycles. The van der Waals surface area contributed by atoms with Gasteiger partial charge in [-0.05, 0) is 64.7 Å². The molecular weight excluding hydrogens is 420 g/mol. The van der Waals surface area contributed by atoms with Crippen molar-refractivity contribution < 1.29 is 0 Å². The number of nitrogens with zero attached hydrogens (tertiary/aromatic N) is 1. The second-order valence-electron chi connectivity index (χ2n) is 9.62. The SMILES string of the molecule is CCCCN.CCCCN1CCNCC1.CCCCNC1CCCCC1.CCCCNCCN. The zero-order valence-corrected chi connectivity index (χ0v) is 23.9. The van der Waals surface area contributed by atoms with Gasteiger partial charge in [0.2, 0.25) is 0 Å². The molecule has 0 aromatic heterocycles. The fourth-order valence-corrected chi connectivity index (χ4v) is 3.84. The largest absolute Gasteiger partial charge is 0.330 e. The molecule has 0 unspecified atom stereocenters. The maximum atomic E-state index is 5.25. The summed E-state index contributed by atoms with van der Waals surface area (Å²) in [5, 5.41) is 10.2. The average Bonchev–Trinajstić information content (AvgIpc) is 2.89. The summed E-state index contributed by atoms with van der Waals surface area (Å²) in [7, 11) is 0. The molecule has 208 valence electrons. The van der Waals surface area contributed by atoms with E-state index in [4.69, 9.17) is 11.5 Å². The van der Waals surface area contributed by atoms with Crippen molar-refractivity contribution in [2.24, 2.45) is 11.5 Å². The van der Waals surface area contributed by atoms with Crippen LogP contribution < -0.4 is 27.4 Å². The summed E-state index contributed by atoms with van der Waals surface area (Å²) in [6.07, 6.45) is 17.5. The highest BCUT2D eigenvalue weighted by atomic mass is 15.2. The van der Waals surface area contributed by atoms with Crippen LogP contribution in [0.2, 0.25) is 0 Å². The Morgan fingerprint density at radius 1 is 0.706 bits per heavy atom. The van der Waals surface area contributed by atoms with Crippen molar-refractivity contribution in [2.45, 2.75) is 117 Å². The van der Waals surface area contributed by atoms with Gasteiger partial charge in [-0.25, -0.2) is 0 Å². The monoisotopic (exact) mass is 487 g/mol. The number of piperazine rings is 1. The molecule has 0 amide bonds. The van der Waals surface area contributed by atoms with Crippen LogP contribution in [-0.2, 0) is 0 Å². The highest BCUT2D eigenvalue weighted by Crippen LogP contribution is 2.17. The Bertz CT molecular complexity index is 323. The number of unbranched alkanes of at least 4 members (excludes halogenated alkanes) is 4. The zero-order valence-electron chi connectivity index (χ0n) is 23.9. The van der Waals surface area contributed by atoms with Crippen LogP contribution in [-0.4, -0.2) is 76.4 Å². The van der Waals surface area contributed by atoms with Gasteiger partial charge < -0.3 is 32.3 Å². The summed E-state index contributed by atoms with van der Waals surface area (Å²) in [4.78, 5) is 2.54. The maximum Gasteiger partial charge on any atom is 0.0107 e. The molecule has 2 fully saturated rings. The summed E-state index contributed by atoms with van der Waals surface area (Å²) in [6.45, 7) is 19.9. The fraction of sp³-hybridized carbons (Fsp3) is 1.00. The minimum Gasteiger partial charge on any atom is -0.330 e. The molecule has 7 N–H and O–H groups in total. The minimum atomic E-state index is 0.754. The third-order valence-electron chi connectivity index (χ3n) is 6.19. The van der Waals surface area contributed by atoms with Crippen LogP contribution in [0.4, 0.5) is 0 Å². The Hall–Kier alpha value is -0.240. The van der Waals surface area contributed by atoms with Gasteiger partial charge in [0.05, 0.1) is 0 Å². The Kier molecular flexibility index (Phi) is 34.6. The lowest BCUT2D eigenvalue weighted by molar-refractivity contribution is 0.238. The molecule has 6 heteroatoms. The van der Waals surface area contributed by atoms with Crippen molar-refractivity contribution in [1.29, 1.82) is 0 Å².